The average molecular weight is 569 g/mol. The lowest BCUT2D eigenvalue weighted by molar-refractivity contribution is -0.111. The number of aryl methyl sites for hydroxylation is 1. The maximum atomic E-state index is 12.8. The molecule has 1 aliphatic rings. The van der Waals surface area contributed by atoms with E-state index in [1.54, 1.807) is 14.0 Å². The minimum absolute atomic E-state index is 0.0700. The first-order valence-corrected chi connectivity index (χ1v) is 15.5. The van der Waals surface area contributed by atoms with Crippen LogP contribution in [0.3, 0.4) is 0 Å². The number of nitrogens with one attached hydrogen (secondary N) is 1. The number of methoxy groups -OCH3 is 1. The van der Waals surface area contributed by atoms with Crippen LogP contribution in [0.1, 0.15) is 39.5 Å². The molecule has 1 aliphatic heterocycles. The van der Waals surface area contributed by atoms with Gasteiger partial charge in [0, 0.05) is 18.9 Å². The van der Waals surface area contributed by atoms with E-state index in [0.29, 0.717) is 12.2 Å². The van der Waals surface area contributed by atoms with Crippen molar-refractivity contribution >= 4 is 18.7 Å². The number of aromatic amines is 1. The van der Waals surface area contributed by atoms with Crippen LogP contribution >= 0.6 is 0 Å². The van der Waals surface area contributed by atoms with Crippen molar-refractivity contribution in [1.82, 2.24) is 9.55 Å². The third-order valence-corrected chi connectivity index (χ3v) is 12.4. The Bertz CT molecular complexity index is 1330. The SMILES string of the molecule is COC[C@@H](C)OC1C(O)[C@@H](CO[Si](c2ccccc2)(c2ccccc2)C(C)(C)C)O[C@H]1n1cc(C)c(=O)[nH]c1=O. The fraction of sp³-hybridized carbons (Fsp3) is 0.467. The van der Waals surface area contributed by atoms with Crippen molar-refractivity contribution in [2.45, 2.75) is 70.3 Å². The molecule has 1 fully saturated rings. The van der Waals surface area contributed by atoms with Gasteiger partial charge in [-0.1, -0.05) is 81.4 Å². The van der Waals surface area contributed by atoms with E-state index in [1.165, 1.54) is 10.8 Å². The molecule has 5 atom stereocenters. The molecule has 2 aromatic carbocycles. The van der Waals surface area contributed by atoms with Crippen molar-refractivity contribution in [2.75, 3.05) is 20.3 Å². The Morgan fingerprint density at radius 2 is 1.62 bits per heavy atom. The van der Waals surface area contributed by atoms with Gasteiger partial charge >= 0.3 is 5.69 Å². The van der Waals surface area contributed by atoms with Gasteiger partial charge in [-0.25, -0.2) is 4.79 Å². The topological polar surface area (TPSA) is 112 Å². The Kier molecular flexibility index (Phi) is 9.28. The van der Waals surface area contributed by atoms with Crippen molar-refractivity contribution in [3.63, 3.8) is 0 Å². The van der Waals surface area contributed by atoms with Crippen molar-refractivity contribution in [3.05, 3.63) is 93.3 Å². The van der Waals surface area contributed by atoms with Gasteiger partial charge in [-0.05, 0) is 29.3 Å². The standard InChI is InChI=1S/C30H40N2O7Si/c1-20-17-32(29(35)31-27(20)34)28-26(38-21(2)18-36-6)25(33)24(39-28)19-37-40(30(3,4)5,22-13-9-7-10-14-22)23-15-11-8-12-16-23/h7-17,21,24-26,28,33H,18-19H2,1-6H3,(H,31,34,35)/t21-,24-,25?,26?,28-/m1/s1. The van der Waals surface area contributed by atoms with Gasteiger partial charge in [-0.2, -0.15) is 0 Å². The van der Waals surface area contributed by atoms with Crippen molar-refractivity contribution in [2.24, 2.45) is 0 Å². The van der Waals surface area contributed by atoms with Crippen LogP contribution in [0.4, 0.5) is 0 Å². The summed E-state index contributed by atoms with van der Waals surface area (Å²) in [5.41, 5.74) is -0.778. The van der Waals surface area contributed by atoms with E-state index in [4.69, 9.17) is 18.6 Å². The summed E-state index contributed by atoms with van der Waals surface area (Å²) in [7, 11) is -1.34. The van der Waals surface area contributed by atoms with Gasteiger partial charge in [-0.15, -0.1) is 0 Å². The summed E-state index contributed by atoms with van der Waals surface area (Å²) in [6, 6.07) is 20.4. The van der Waals surface area contributed by atoms with E-state index in [9.17, 15) is 14.7 Å². The fourth-order valence-electron chi connectivity index (χ4n) is 5.51. The summed E-state index contributed by atoms with van der Waals surface area (Å²) in [6.07, 6.45) is -2.74. The van der Waals surface area contributed by atoms with Crippen LogP contribution < -0.4 is 21.6 Å². The number of H-pyrrole nitrogens is 1. The molecule has 0 saturated carbocycles. The highest BCUT2D eigenvalue weighted by molar-refractivity contribution is 6.99. The smallest absolute Gasteiger partial charge is 0.330 e. The van der Waals surface area contributed by atoms with Crippen LogP contribution in [-0.4, -0.2) is 67.7 Å². The highest BCUT2D eigenvalue weighted by Crippen LogP contribution is 2.38. The maximum absolute atomic E-state index is 12.8. The van der Waals surface area contributed by atoms with Gasteiger partial charge < -0.3 is 23.7 Å². The van der Waals surface area contributed by atoms with Gasteiger partial charge in [0.05, 0.1) is 19.3 Å². The lowest BCUT2D eigenvalue weighted by Crippen LogP contribution is -2.67. The second kappa shape index (κ2) is 12.3. The molecule has 2 N–H and O–H groups in total. The Morgan fingerprint density at radius 3 is 2.15 bits per heavy atom. The van der Waals surface area contributed by atoms with Crippen LogP contribution in [0.25, 0.3) is 0 Å². The van der Waals surface area contributed by atoms with Gasteiger partial charge in [0.15, 0.2) is 6.23 Å². The largest absolute Gasteiger partial charge is 0.405 e. The molecular weight excluding hydrogens is 528 g/mol. The minimum Gasteiger partial charge on any atom is -0.405 e. The molecule has 40 heavy (non-hydrogen) atoms. The van der Waals surface area contributed by atoms with Gasteiger partial charge in [0.1, 0.15) is 18.3 Å². The summed E-state index contributed by atoms with van der Waals surface area (Å²) in [4.78, 5) is 27.2. The molecule has 216 valence electrons. The minimum atomic E-state index is -2.91. The van der Waals surface area contributed by atoms with E-state index in [-0.39, 0.29) is 17.7 Å². The highest BCUT2D eigenvalue weighted by Gasteiger charge is 2.53. The van der Waals surface area contributed by atoms with Crippen LogP contribution in [0.15, 0.2) is 76.4 Å². The van der Waals surface area contributed by atoms with Gasteiger partial charge in [0.25, 0.3) is 13.9 Å². The molecule has 2 unspecified atom stereocenters. The second-order valence-corrected chi connectivity index (χ2v) is 15.7. The predicted octanol–water partition coefficient (Wildman–Crippen LogP) is 2.10. The van der Waals surface area contributed by atoms with E-state index >= 15 is 0 Å². The molecule has 0 aliphatic carbocycles. The normalized spacial score (nSPS) is 22.4. The highest BCUT2D eigenvalue weighted by atomic mass is 28.4. The zero-order valence-corrected chi connectivity index (χ0v) is 25.0. The number of ether oxygens (including phenoxy) is 3. The van der Waals surface area contributed by atoms with E-state index in [0.717, 1.165) is 10.4 Å². The number of nitrogens with zero attached hydrogens (tertiary/aromatic N) is 1. The maximum Gasteiger partial charge on any atom is 0.330 e. The first kappa shape index (κ1) is 30.1. The molecule has 4 rings (SSSR count). The first-order valence-electron chi connectivity index (χ1n) is 13.5. The quantitative estimate of drug-likeness (QED) is 0.360. The van der Waals surface area contributed by atoms with Crippen molar-refractivity contribution < 1.29 is 23.7 Å². The molecular formula is C30H40N2O7Si. The van der Waals surface area contributed by atoms with E-state index < -0.39 is 44.1 Å². The lowest BCUT2D eigenvalue weighted by atomic mass is 10.1. The molecule has 3 aromatic rings. The zero-order chi connectivity index (χ0) is 29.1. The van der Waals surface area contributed by atoms with Crippen LogP contribution in [-0.2, 0) is 18.6 Å². The average Bonchev–Trinajstić information content (AvgIpc) is 3.21. The fourth-order valence-corrected chi connectivity index (χ4v) is 10.1. The number of hydrogen-bond acceptors (Lipinski definition) is 7. The monoisotopic (exact) mass is 568 g/mol. The summed E-state index contributed by atoms with van der Waals surface area (Å²) in [5.74, 6) is 0. The molecule has 0 radical (unpaired) electrons. The Balaban J connectivity index is 1.72. The molecule has 0 bridgehead atoms. The van der Waals surface area contributed by atoms with Crippen LogP contribution in [0.5, 0.6) is 0 Å². The summed E-state index contributed by atoms with van der Waals surface area (Å²) in [6.45, 7) is 10.3. The predicted molar refractivity (Wildman–Crippen MR) is 156 cm³/mol. The van der Waals surface area contributed by atoms with Gasteiger partial charge in [-0.3, -0.25) is 14.3 Å². The van der Waals surface area contributed by atoms with E-state index in [2.05, 4.69) is 50.0 Å². The number of aliphatic hydroxyl groups excluding tert-OH is 1. The van der Waals surface area contributed by atoms with Crippen molar-refractivity contribution in [1.29, 1.82) is 0 Å². The summed E-state index contributed by atoms with van der Waals surface area (Å²) in [5, 5.41) is 13.4. The Labute approximate surface area is 235 Å². The molecule has 9 nitrogen and oxygen atoms in total. The third kappa shape index (κ3) is 5.92. The van der Waals surface area contributed by atoms with E-state index in [1.807, 2.05) is 43.3 Å². The Hall–Kier alpha value is -2.86. The molecule has 10 heteroatoms. The second-order valence-electron chi connectivity index (χ2n) is 11.4. The Morgan fingerprint density at radius 1 is 1.05 bits per heavy atom. The van der Waals surface area contributed by atoms with Crippen LogP contribution in [0.2, 0.25) is 5.04 Å². The third-order valence-electron chi connectivity index (χ3n) is 7.40. The number of hydrogen-bond donors (Lipinski definition) is 2. The number of rotatable bonds is 10. The number of aromatic nitrogens is 2. The molecule has 0 spiro atoms. The molecule has 2 heterocycles. The molecule has 1 saturated heterocycles. The lowest BCUT2D eigenvalue weighted by Gasteiger charge is -2.43. The zero-order valence-electron chi connectivity index (χ0n) is 24.0. The summed E-state index contributed by atoms with van der Waals surface area (Å²) >= 11 is 0. The number of aliphatic hydroxyl groups is 1. The van der Waals surface area contributed by atoms with Crippen LogP contribution in [0, 0.1) is 6.92 Å². The van der Waals surface area contributed by atoms with Crippen molar-refractivity contribution in [3.8, 4) is 0 Å². The van der Waals surface area contributed by atoms with Gasteiger partial charge in [0.2, 0.25) is 0 Å². The molecule has 0 amide bonds. The summed E-state index contributed by atoms with van der Waals surface area (Å²) < 4.78 is 26.0. The number of benzene rings is 2. The molecule has 1 aromatic heterocycles. The first-order chi connectivity index (χ1) is 19.0.